The highest BCUT2D eigenvalue weighted by atomic mass is 35.5. The van der Waals surface area contributed by atoms with E-state index in [-0.39, 0.29) is 35.8 Å². The van der Waals surface area contributed by atoms with E-state index < -0.39 is 5.82 Å². The number of benzene rings is 2. The summed E-state index contributed by atoms with van der Waals surface area (Å²) in [7, 11) is 1.58. The van der Waals surface area contributed by atoms with E-state index in [0.717, 1.165) is 5.69 Å². The zero-order chi connectivity index (χ0) is 19.6. The van der Waals surface area contributed by atoms with Crippen LogP contribution in [-0.4, -0.2) is 43.0 Å². The molecule has 1 saturated heterocycles. The third-order valence-electron chi connectivity index (χ3n) is 4.65. The van der Waals surface area contributed by atoms with Gasteiger partial charge in [0, 0.05) is 23.3 Å². The van der Waals surface area contributed by atoms with E-state index in [9.17, 15) is 14.0 Å². The molecule has 0 unspecified atom stereocenters. The first-order valence-corrected chi connectivity index (χ1v) is 8.94. The molecule has 27 heavy (non-hydrogen) atoms. The zero-order valence-electron chi connectivity index (χ0n) is 15.1. The molecule has 2 aromatic rings. The number of nitrogens with zero attached hydrogens (tertiary/aromatic N) is 2. The lowest BCUT2D eigenvalue weighted by molar-refractivity contribution is -0.138. The van der Waals surface area contributed by atoms with Gasteiger partial charge in [0.1, 0.15) is 18.1 Å². The lowest BCUT2D eigenvalue weighted by atomic mass is 10.1. The van der Waals surface area contributed by atoms with Crippen molar-refractivity contribution >= 4 is 29.1 Å². The van der Waals surface area contributed by atoms with Crippen molar-refractivity contribution in [2.24, 2.45) is 0 Å². The molecule has 0 N–H and O–H groups in total. The maximum atomic E-state index is 13.2. The van der Waals surface area contributed by atoms with Crippen molar-refractivity contribution in [3.05, 3.63) is 58.9 Å². The fraction of sp³-hybridized carbons (Fsp3) is 0.300. The highest BCUT2D eigenvalue weighted by molar-refractivity contribution is 6.31. The largest absolute Gasteiger partial charge is 0.497 e. The van der Waals surface area contributed by atoms with Crippen LogP contribution in [0.4, 0.5) is 10.1 Å². The summed E-state index contributed by atoms with van der Waals surface area (Å²) in [6, 6.07) is 11.0. The summed E-state index contributed by atoms with van der Waals surface area (Å²) in [6.07, 6.45) is 0.0271. The first-order valence-electron chi connectivity index (χ1n) is 8.57. The minimum atomic E-state index is -0.451. The Kier molecular flexibility index (Phi) is 5.65. The number of carbonyl (C=O) groups is 2. The molecular weight excluding hydrogens is 371 g/mol. The number of carbonyl (C=O) groups excluding carboxylic acids is 2. The van der Waals surface area contributed by atoms with Gasteiger partial charge in [-0.2, -0.15) is 0 Å². The molecule has 0 aliphatic carbocycles. The Balaban J connectivity index is 1.70. The molecule has 1 aliphatic rings. The van der Waals surface area contributed by atoms with Crippen LogP contribution in [0.25, 0.3) is 0 Å². The standard InChI is InChI=1S/C20H20ClFN2O3/c1-13-11-24(16-5-7-17(27-2)8-6-16)20(26)12-23(13)19(25)9-14-3-4-15(22)10-18(14)21/h3-8,10,13H,9,11-12H2,1-2H3/t13-/m0/s1. The normalized spacial score (nSPS) is 17.2. The van der Waals surface area contributed by atoms with Crippen LogP contribution in [0.15, 0.2) is 42.5 Å². The number of ether oxygens (including phenoxy) is 1. The van der Waals surface area contributed by atoms with E-state index in [1.807, 2.05) is 19.1 Å². The van der Waals surface area contributed by atoms with Crippen LogP contribution in [0.5, 0.6) is 5.75 Å². The number of methoxy groups -OCH3 is 1. The fourth-order valence-corrected chi connectivity index (χ4v) is 3.36. The number of halogens is 2. The van der Waals surface area contributed by atoms with Crippen LogP contribution in [0, 0.1) is 5.82 Å². The van der Waals surface area contributed by atoms with Gasteiger partial charge in [0.15, 0.2) is 0 Å². The molecule has 0 bridgehead atoms. The van der Waals surface area contributed by atoms with Crippen LogP contribution in [0.3, 0.4) is 0 Å². The van der Waals surface area contributed by atoms with Crippen molar-refractivity contribution in [2.75, 3.05) is 25.1 Å². The summed E-state index contributed by atoms with van der Waals surface area (Å²) in [5.74, 6) is -0.104. The smallest absolute Gasteiger partial charge is 0.246 e. The lowest BCUT2D eigenvalue weighted by Crippen LogP contribution is -2.57. The molecule has 1 fully saturated rings. The first-order chi connectivity index (χ1) is 12.9. The molecule has 0 radical (unpaired) electrons. The minimum Gasteiger partial charge on any atom is -0.497 e. The van der Waals surface area contributed by atoms with E-state index in [1.54, 1.807) is 29.0 Å². The van der Waals surface area contributed by atoms with Crippen molar-refractivity contribution < 1.29 is 18.7 Å². The molecule has 3 rings (SSSR count). The number of rotatable bonds is 4. The highest BCUT2D eigenvalue weighted by Crippen LogP contribution is 2.24. The maximum absolute atomic E-state index is 13.2. The summed E-state index contributed by atoms with van der Waals surface area (Å²) in [5.41, 5.74) is 1.31. The van der Waals surface area contributed by atoms with Crippen LogP contribution >= 0.6 is 11.6 Å². The van der Waals surface area contributed by atoms with E-state index in [1.165, 1.54) is 18.2 Å². The van der Waals surface area contributed by atoms with Gasteiger partial charge in [-0.1, -0.05) is 17.7 Å². The molecule has 1 atom stereocenters. The van der Waals surface area contributed by atoms with Crippen molar-refractivity contribution in [1.29, 1.82) is 0 Å². The Labute approximate surface area is 162 Å². The minimum absolute atomic E-state index is 0.00908. The van der Waals surface area contributed by atoms with Crippen molar-refractivity contribution in [1.82, 2.24) is 4.90 Å². The number of hydrogen-bond acceptors (Lipinski definition) is 3. The molecule has 7 heteroatoms. The van der Waals surface area contributed by atoms with Gasteiger partial charge in [-0.3, -0.25) is 9.59 Å². The van der Waals surface area contributed by atoms with E-state index >= 15 is 0 Å². The Morgan fingerprint density at radius 1 is 1.26 bits per heavy atom. The fourth-order valence-electron chi connectivity index (χ4n) is 3.13. The van der Waals surface area contributed by atoms with Gasteiger partial charge in [-0.05, 0) is 48.9 Å². The number of piperazine rings is 1. The van der Waals surface area contributed by atoms with Crippen LogP contribution < -0.4 is 9.64 Å². The second-order valence-corrected chi connectivity index (χ2v) is 6.89. The third kappa shape index (κ3) is 4.22. The van der Waals surface area contributed by atoms with Gasteiger partial charge in [0.25, 0.3) is 0 Å². The quantitative estimate of drug-likeness (QED) is 0.804. The second-order valence-electron chi connectivity index (χ2n) is 6.49. The number of hydrogen-bond donors (Lipinski definition) is 0. The molecular formula is C20H20ClFN2O3. The van der Waals surface area contributed by atoms with Gasteiger partial charge in [-0.15, -0.1) is 0 Å². The topological polar surface area (TPSA) is 49.9 Å². The van der Waals surface area contributed by atoms with Crippen molar-refractivity contribution in [2.45, 2.75) is 19.4 Å². The predicted molar refractivity (Wildman–Crippen MR) is 102 cm³/mol. The average Bonchev–Trinajstić information content (AvgIpc) is 2.65. The molecule has 0 aromatic heterocycles. The van der Waals surface area contributed by atoms with Gasteiger partial charge >= 0.3 is 0 Å². The Hall–Kier alpha value is -2.60. The molecule has 2 amide bonds. The van der Waals surface area contributed by atoms with E-state index in [4.69, 9.17) is 16.3 Å². The van der Waals surface area contributed by atoms with E-state index in [0.29, 0.717) is 17.9 Å². The third-order valence-corrected chi connectivity index (χ3v) is 5.00. The van der Waals surface area contributed by atoms with Gasteiger partial charge in [0.2, 0.25) is 11.8 Å². The predicted octanol–water partition coefficient (Wildman–Crippen LogP) is 3.29. The SMILES string of the molecule is COc1ccc(N2C[C@H](C)N(C(=O)Cc3ccc(F)cc3Cl)CC2=O)cc1. The molecule has 1 aliphatic heterocycles. The maximum Gasteiger partial charge on any atom is 0.246 e. The van der Waals surface area contributed by atoms with Gasteiger partial charge in [-0.25, -0.2) is 4.39 Å². The number of amides is 2. The Morgan fingerprint density at radius 3 is 2.59 bits per heavy atom. The average molecular weight is 391 g/mol. The summed E-state index contributed by atoms with van der Waals surface area (Å²) in [6.45, 7) is 2.28. The molecule has 0 spiro atoms. The van der Waals surface area contributed by atoms with Gasteiger partial charge < -0.3 is 14.5 Å². The molecule has 142 valence electrons. The molecule has 2 aromatic carbocycles. The van der Waals surface area contributed by atoms with Crippen LogP contribution in [0.2, 0.25) is 5.02 Å². The zero-order valence-corrected chi connectivity index (χ0v) is 15.9. The molecule has 5 nitrogen and oxygen atoms in total. The summed E-state index contributed by atoms with van der Waals surface area (Å²) >= 11 is 6.01. The lowest BCUT2D eigenvalue weighted by Gasteiger charge is -2.39. The number of anilines is 1. The summed E-state index contributed by atoms with van der Waals surface area (Å²) in [5, 5.41) is 0.208. The highest BCUT2D eigenvalue weighted by Gasteiger charge is 2.33. The second kappa shape index (κ2) is 7.96. The van der Waals surface area contributed by atoms with E-state index in [2.05, 4.69) is 0 Å². The first kappa shape index (κ1) is 19.2. The Morgan fingerprint density at radius 2 is 1.96 bits per heavy atom. The summed E-state index contributed by atoms with van der Waals surface area (Å²) in [4.78, 5) is 28.5. The van der Waals surface area contributed by atoms with Crippen molar-refractivity contribution in [3.63, 3.8) is 0 Å². The molecule has 0 saturated carbocycles. The summed E-state index contributed by atoms with van der Waals surface area (Å²) < 4.78 is 18.3. The van der Waals surface area contributed by atoms with Crippen molar-refractivity contribution in [3.8, 4) is 5.75 Å². The van der Waals surface area contributed by atoms with Gasteiger partial charge in [0.05, 0.1) is 13.5 Å². The monoisotopic (exact) mass is 390 g/mol. The van der Waals surface area contributed by atoms with Crippen LogP contribution in [0.1, 0.15) is 12.5 Å². The Bertz CT molecular complexity index is 857. The van der Waals surface area contributed by atoms with Crippen LogP contribution in [-0.2, 0) is 16.0 Å². The molecule has 1 heterocycles.